The van der Waals surface area contributed by atoms with E-state index in [2.05, 4.69) is 10.6 Å². The van der Waals surface area contributed by atoms with Crippen LogP contribution in [-0.4, -0.2) is 25.2 Å². The van der Waals surface area contributed by atoms with Crippen molar-refractivity contribution in [3.63, 3.8) is 0 Å². The third-order valence-corrected chi connectivity index (χ3v) is 3.19. The van der Waals surface area contributed by atoms with E-state index in [1.54, 1.807) is 0 Å². The molecule has 0 saturated carbocycles. The second-order valence-electron chi connectivity index (χ2n) is 4.53. The molecule has 1 saturated heterocycles. The van der Waals surface area contributed by atoms with Gasteiger partial charge in [0, 0.05) is 12.3 Å². The lowest BCUT2D eigenvalue weighted by Crippen LogP contribution is -2.19. The van der Waals surface area contributed by atoms with E-state index in [9.17, 15) is 4.79 Å². The minimum absolute atomic E-state index is 0.0285. The normalized spacial score (nSPS) is 22.4. The molecule has 1 atom stereocenters. The molecule has 90 valence electrons. The van der Waals surface area contributed by atoms with Crippen LogP contribution in [0.4, 0.5) is 17.1 Å². The first-order valence-electron chi connectivity index (χ1n) is 5.79. The highest BCUT2D eigenvalue weighted by Gasteiger charge is 2.21. The van der Waals surface area contributed by atoms with E-state index in [1.165, 1.54) is 0 Å². The molecule has 3 rings (SSSR count). The van der Waals surface area contributed by atoms with Crippen LogP contribution in [0.5, 0.6) is 0 Å². The molecule has 0 aromatic heterocycles. The van der Waals surface area contributed by atoms with Crippen molar-refractivity contribution in [3.05, 3.63) is 17.7 Å². The molecule has 5 heteroatoms. The summed E-state index contributed by atoms with van der Waals surface area (Å²) < 4.78 is 5.31. The molecule has 17 heavy (non-hydrogen) atoms. The minimum Gasteiger partial charge on any atom is -0.397 e. The van der Waals surface area contributed by atoms with Crippen LogP contribution < -0.4 is 16.4 Å². The SMILES string of the molecule is Nc1cc2c(cc1NC1CCOC1)NC(=O)C2. The molecule has 5 nitrogen and oxygen atoms in total. The van der Waals surface area contributed by atoms with Crippen molar-refractivity contribution < 1.29 is 9.53 Å². The Kier molecular flexibility index (Phi) is 2.40. The standard InChI is InChI=1S/C12H15N3O2/c13-9-3-7-4-12(16)15-10(7)5-11(9)14-8-1-2-17-6-8/h3,5,8,14H,1-2,4,6,13H2,(H,15,16). The van der Waals surface area contributed by atoms with Gasteiger partial charge >= 0.3 is 0 Å². The van der Waals surface area contributed by atoms with Crippen molar-refractivity contribution in [2.75, 3.05) is 29.6 Å². The van der Waals surface area contributed by atoms with E-state index in [4.69, 9.17) is 10.5 Å². The van der Waals surface area contributed by atoms with Gasteiger partial charge in [-0.25, -0.2) is 0 Å². The average Bonchev–Trinajstić information content (AvgIpc) is 2.87. The van der Waals surface area contributed by atoms with Gasteiger partial charge in [0.25, 0.3) is 0 Å². The maximum atomic E-state index is 11.3. The largest absolute Gasteiger partial charge is 0.397 e. The highest BCUT2D eigenvalue weighted by molar-refractivity contribution is 6.00. The number of amides is 1. The van der Waals surface area contributed by atoms with Gasteiger partial charge in [-0.1, -0.05) is 0 Å². The molecule has 1 fully saturated rings. The van der Waals surface area contributed by atoms with Gasteiger partial charge in [-0.15, -0.1) is 0 Å². The summed E-state index contributed by atoms with van der Waals surface area (Å²) in [6.07, 6.45) is 1.41. The van der Waals surface area contributed by atoms with E-state index in [-0.39, 0.29) is 5.91 Å². The van der Waals surface area contributed by atoms with E-state index in [1.807, 2.05) is 12.1 Å². The molecular formula is C12H15N3O2. The first-order valence-corrected chi connectivity index (χ1v) is 5.79. The summed E-state index contributed by atoms with van der Waals surface area (Å²) in [5.41, 5.74) is 9.38. The van der Waals surface area contributed by atoms with Crippen molar-refractivity contribution in [1.29, 1.82) is 0 Å². The van der Waals surface area contributed by atoms with Gasteiger partial charge in [0.15, 0.2) is 0 Å². The van der Waals surface area contributed by atoms with Crippen LogP contribution in [0, 0.1) is 0 Å². The zero-order valence-electron chi connectivity index (χ0n) is 9.45. The number of hydrogen-bond acceptors (Lipinski definition) is 4. The van der Waals surface area contributed by atoms with Crippen LogP contribution in [0.2, 0.25) is 0 Å². The Morgan fingerprint density at radius 3 is 3.12 bits per heavy atom. The fraction of sp³-hybridized carbons (Fsp3) is 0.417. The molecule has 1 amide bonds. The number of benzene rings is 1. The van der Waals surface area contributed by atoms with Crippen molar-refractivity contribution in [2.45, 2.75) is 18.9 Å². The van der Waals surface area contributed by atoms with Crippen LogP contribution in [0.25, 0.3) is 0 Å². The maximum Gasteiger partial charge on any atom is 0.228 e. The number of nitrogens with two attached hydrogens (primary N) is 1. The number of anilines is 3. The van der Waals surface area contributed by atoms with Crippen LogP contribution in [-0.2, 0) is 16.0 Å². The first kappa shape index (κ1) is 10.4. The Morgan fingerprint density at radius 2 is 2.35 bits per heavy atom. The van der Waals surface area contributed by atoms with Gasteiger partial charge < -0.3 is 21.1 Å². The molecule has 1 aromatic carbocycles. The number of fused-ring (bicyclic) bond motifs is 1. The molecule has 1 unspecified atom stereocenters. The quantitative estimate of drug-likeness (QED) is 0.665. The number of nitrogens with one attached hydrogen (secondary N) is 2. The smallest absolute Gasteiger partial charge is 0.228 e. The molecule has 0 bridgehead atoms. The van der Waals surface area contributed by atoms with Gasteiger partial charge in [-0.05, 0) is 24.1 Å². The predicted octanol–water partition coefficient (Wildman–Crippen LogP) is 0.964. The summed E-state index contributed by atoms with van der Waals surface area (Å²) in [6, 6.07) is 4.09. The lowest BCUT2D eigenvalue weighted by atomic mass is 10.1. The summed E-state index contributed by atoms with van der Waals surface area (Å²) in [7, 11) is 0. The summed E-state index contributed by atoms with van der Waals surface area (Å²) in [4.78, 5) is 11.3. The maximum absolute atomic E-state index is 11.3. The van der Waals surface area contributed by atoms with Crippen LogP contribution in [0.1, 0.15) is 12.0 Å². The molecule has 1 aromatic rings. The number of hydrogen-bond donors (Lipinski definition) is 3. The zero-order chi connectivity index (χ0) is 11.8. The van der Waals surface area contributed by atoms with Gasteiger partial charge in [0.1, 0.15) is 0 Å². The average molecular weight is 233 g/mol. The Labute approximate surface area is 99.3 Å². The Morgan fingerprint density at radius 1 is 1.47 bits per heavy atom. The fourth-order valence-electron chi connectivity index (χ4n) is 2.29. The van der Waals surface area contributed by atoms with Crippen molar-refractivity contribution in [1.82, 2.24) is 0 Å². The minimum atomic E-state index is 0.0285. The zero-order valence-corrected chi connectivity index (χ0v) is 9.45. The first-order chi connectivity index (χ1) is 8.22. The molecular weight excluding hydrogens is 218 g/mol. The van der Waals surface area contributed by atoms with Crippen LogP contribution in [0.15, 0.2) is 12.1 Å². The topological polar surface area (TPSA) is 76.4 Å². The van der Waals surface area contributed by atoms with Crippen LogP contribution in [0.3, 0.4) is 0 Å². The molecule has 2 heterocycles. The second kappa shape index (κ2) is 3.92. The molecule has 4 N–H and O–H groups in total. The lowest BCUT2D eigenvalue weighted by molar-refractivity contribution is -0.115. The van der Waals surface area contributed by atoms with Crippen molar-refractivity contribution >= 4 is 23.0 Å². The molecule has 2 aliphatic rings. The third-order valence-electron chi connectivity index (χ3n) is 3.19. The Bertz CT molecular complexity index is 467. The van der Waals surface area contributed by atoms with Gasteiger partial charge in [0.05, 0.1) is 30.4 Å². The fourth-order valence-corrected chi connectivity index (χ4v) is 2.29. The number of nitrogen functional groups attached to an aromatic ring is 1. The summed E-state index contributed by atoms with van der Waals surface area (Å²) in [5.74, 6) is 0.0285. The Hall–Kier alpha value is -1.75. The van der Waals surface area contributed by atoms with E-state index in [0.717, 1.165) is 30.0 Å². The summed E-state index contributed by atoms with van der Waals surface area (Å²) in [5, 5.41) is 6.18. The molecule has 0 spiro atoms. The van der Waals surface area contributed by atoms with Gasteiger partial charge in [-0.2, -0.15) is 0 Å². The second-order valence-corrected chi connectivity index (χ2v) is 4.53. The Balaban J connectivity index is 1.85. The molecule has 2 aliphatic heterocycles. The van der Waals surface area contributed by atoms with E-state index < -0.39 is 0 Å². The van der Waals surface area contributed by atoms with Crippen molar-refractivity contribution in [3.8, 4) is 0 Å². The summed E-state index contributed by atoms with van der Waals surface area (Å²) in [6.45, 7) is 1.50. The highest BCUT2D eigenvalue weighted by Crippen LogP contribution is 2.32. The highest BCUT2D eigenvalue weighted by atomic mass is 16.5. The van der Waals surface area contributed by atoms with E-state index >= 15 is 0 Å². The predicted molar refractivity (Wildman–Crippen MR) is 66.0 cm³/mol. The molecule has 0 aliphatic carbocycles. The monoisotopic (exact) mass is 233 g/mol. The van der Waals surface area contributed by atoms with Gasteiger partial charge in [0.2, 0.25) is 5.91 Å². The lowest BCUT2D eigenvalue weighted by Gasteiger charge is -2.15. The third kappa shape index (κ3) is 1.93. The van der Waals surface area contributed by atoms with E-state index in [0.29, 0.717) is 24.8 Å². The number of rotatable bonds is 2. The van der Waals surface area contributed by atoms with Crippen LogP contribution >= 0.6 is 0 Å². The molecule has 0 radical (unpaired) electrons. The summed E-state index contributed by atoms with van der Waals surface area (Å²) >= 11 is 0. The van der Waals surface area contributed by atoms with Gasteiger partial charge in [-0.3, -0.25) is 4.79 Å². The number of carbonyl (C=O) groups excluding carboxylic acids is 1. The van der Waals surface area contributed by atoms with Crippen molar-refractivity contribution in [2.24, 2.45) is 0 Å². The number of ether oxygens (including phenoxy) is 1. The number of carbonyl (C=O) groups is 1.